The number of rotatable bonds is 8. The lowest BCUT2D eigenvalue weighted by atomic mass is 9.99. The molecule has 27 heavy (non-hydrogen) atoms. The average Bonchev–Trinajstić information content (AvgIpc) is 2.73. The van der Waals surface area contributed by atoms with Crippen LogP contribution in [0.1, 0.15) is 54.1 Å². The first-order chi connectivity index (χ1) is 13.0. The molecule has 0 aromatic heterocycles. The maximum absolute atomic E-state index is 12.5. The molecule has 152 valence electrons. The van der Waals surface area contributed by atoms with Gasteiger partial charge >= 0.3 is 0 Å². The van der Waals surface area contributed by atoms with Crippen LogP contribution in [0.25, 0.3) is 0 Å². The Morgan fingerprint density at radius 3 is 2.89 bits per heavy atom. The van der Waals surface area contributed by atoms with E-state index in [-0.39, 0.29) is 5.91 Å². The van der Waals surface area contributed by atoms with E-state index < -0.39 is 6.10 Å². The van der Waals surface area contributed by atoms with E-state index in [1.807, 2.05) is 32.3 Å². The van der Waals surface area contributed by atoms with Crippen LogP contribution in [-0.2, 0) is 4.74 Å². The number of aliphatic hydroxyl groups is 1. The van der Waals surface area contributed by atoms with E-state index >= 15 is 0 Å². The van der Waals surface area contributed by atoms with E-state index in [1.165, 1.54) is 0 Å². The lowest BCUT2D eigenvalue weighted by Crippen LogP contribution is -2.30. The molecule has 1 aliphatic heterocycles. The minimum absolute atomic E-state index is 0.0768. The third-order valence-electron chi connectivity index (χ3n) is 5.03. The molecular weight excluding hydrogens is 342 g/mol. The van der Waals surface area contributed by atoms with Gasteiger partial charge in [0.1, 0.15) is 0 Å². The maximum atomic E-state index is 12.5. The molecular formula is C21H35N3O3. The van der Waals surface area contributed by atoms with E-state index in [4.69, 9.17) is 4.74 Å². The Balaban J connectivity index is 2.16. The fourth-order valence-electron chi connectivity index (χ4n) is 3.48. The predicted molar refractivity (Wildman–Crippen MR) is 109 cm³/mol. The summed E-state index contributed by atoms with van der Waals surface area (Å²) in [5, 5.41) is 13.7. The van der Waals surface area contributed by atoms with Crippen molar-refractivity contribution < 1.29 is 14.6 Å². The summed E-state index contributed by atoms with van der Waals surface area (Å²) >= 11 is 0. The summed E-state index contributed by atoms with van der Waals surface area (Å²) in [6.45, 7) is 3.96. The molecule has 2 N–H and O–H groups in total. The number of anilines is 1. The highest BCUT2D eigenvalue weighted by molar-refractivity contribution is 5.95. The Morgan fingerprint density at radius 1 is 1.33 bits per heavy atom. The van der Waals surface area contributed by atoms with Gasteiger partial charge in [-0.2, -0.15) is 0 Å². The van der Waals surface area contributed by atoms with Gasteiger partial charge in [0, 0.05) is 43.6 Å². The highest BCUT2D eigenvalue weighted by Gasteiger charge is 2.21. The third kappa shape index (κ3) is 6.79. The standard InChI is InChI=1S/C21H35N3O3/c1-23(2)12-7-11-22-21(26)17-9-10-19-18(16-17)20(25)8-5-4-6-13-24(19)14-15-27-3/h9-10,16,20,25H,4-8,11-15H2,1-3H3,(H,22,26). The summed E-state index contributed by atoms with van der Waals surface area (Å²) in [6, 6.07) is 5.71. The fraction of sp³-hybridized carbons (Fsp3) is 0.667. The first kappa shape index (κ1) is 21.7. The smallest absolute Gasteiger partial charge is 0.251 e. The van der Waals surface area contributed by atoms with Crippen LogP contribution in [-0.4, -0.2) is 69.9 Å². The van der Waals surface area contributed by atoms with Crippen molar-refractivity contribution in [3.05, 3.63) is 29.3 Å². The van der Waals surface area contributed by atoms with E-state index in [9.17, 15) is 9.90 Å². The number of fused-ring (bicyclic) bond motifs is 1. The van der Waals surface area contributed by atoms with E-state index in [0.29, 0.717) is 18.7 Å². The second-order valence-corrected chi connectivity index (χ2v) is 7.53. The maximum Gasteiger partial charge on any atom is 0.251 e. The van der Waals surface area contributed by atoms with Crippen molar-refractivity contribution in [2.75, 3.05) is 58.9 Å². The van der Waals surface area contributed by atoms with Crippen molar-refractivity contribution in [3.8, 4) is 0 Å². The molecule has 0 bridgehead atoms. The van der Waals surface area contributed by atoms with Gasteiger partial charge in [-0.15, -0.1) is 0 Å². The summed E-state index contributed by atoms with van der Waals surface area (Å²) in [6.07, 6.45) is 4.32. The lowest BCUT2D eigenvalue weighted by Gasteiger charge is -2.28. The van der Waals surface area contributed by atoms with E-state index in [2.05, 4.69) is 15.1 Å². The zero-order valence-electron chi connectivity index (χ0n) is 17.0. The second-order valence-electron chi connectivity index (χ2n) is 7.53. The third-order valence-corrected chi connectivity index (χ3v) is 5.03. The van der Waals surface area contributed by atoms with Gasteiger partial charge in [-0.05, 0) is 58.1 Å². The highest BCUT2D eigenvalue weighted by Crippen LogP contribution is 2.32. The van der Waals surface area contributed by atoms with Crippen LogP contribution in [0.5, 0.6) is 0 Å². The second kappa shape index (κ2) is 11.3. The molecule has 0 saturated carbocycles. The summed E-state index contributed by atoms with van der Waals surface area (Å²) < 4.78 is 5.25. The number of nitrogens with one attached hydrogen (secondary N) is 1. The molecule has 6 nitrogen and oxygen atoms in total. The topological polar surface area (TPSA) is 65.0 Å². The van der Waals surface area contributed by atoms with Gasteiger partial charge < -0.3 is 25.0 Å². The summed E-state index contributed by atoms with van der Waals surface area (Å²) in [4.78, 5) is 16.9. The normalized spacial score (nSPS) is 17.8. The summed E-state index contributed by atoms with van der Waals surface area (Å²) in [7, 11) is 5.75. The number of hydrogen-bond acceptors (Lipinski definition) is 5. The largest absolute Gasteiger partial charge is 0.388 e. The van der Waals surface area contributed by atoms with Crippen molar-refractivity contribution >= 4 is 11.6 Å². The van der Waals surface area contributed by atoms with E-state index in [0.717, 1.165) is 63.0 Å². The Labute approximate surface area is 163 Å². The van der Waals surface area contributed by atoms with Crippen LogP contribution in [0.2, 0.25) is 0 Å². The summed E-state index contributed by atoms with van der Waals surface area (Å²) in [5.74, 6) is -0.0768. The number of benzene rings is 1. The molecule has 1 aromatic carbocycles. The predicted octanol–water partition coefficient (Wildman–Crippen LogP) is 2.43. The number of ether oxygens (including phenoxy) is 1. The van der Waals surface area contributed by atoms with Gasteiger partial charge in [0.15, 0.2) is 0 Å². The van der Waals surface area contributed by atoms with Gasteiger partial charge in [-0.1, -0.05) is 12.8 Å². The molecule has 1 aliphatic rings. The molecule has 0 aliphatic carbocycles. The molecule has 0 radical (unpaired) electrons. The molecule has 1 unspecified atom stereocenters. The van der Waals surface area contributed by atoms with E-state index in [1.54, 1.807) is 7.11 Å². The molecule has 1 aromatic rings. The minimum atomic E-state index is -0.537. The zero-order valence-corrected chi connectivity index (χ0v) is 17.0. The van der Waals surface area contributed by atoms with Crippen LogP contribution in [0, 0.1) is 0 Å². The monoisotopic (exact) mass is 377 g/mol. The first-order valence-electron chi connectivity index (χ1n) is 10.0. The molecule has 0 saturated heterocycles. The molecule has 0 spiro atoms. The van der Waals surface area contributed by atoms with Crippen LogP contribution in [0.15, 0.2) is 18.2 Å². The minimum Gasteiger partial charge on any atom is -0.388 e. The number of amides is 1. The molecule has 6 heteroatoms. The fourth-order valence-corrected chi connectivity index (χ4v) is 3.48. The van der Waals surface area contributed by atoms with Crippen LogP contribution in [0.4, 0.5) is 5.69 Å². The first-order valence-corrected chi connectivity index (χ1v) is 10.0. The number of methoxy groups -OCH3 is 1. The molecule has 0 fully saturated rings. The van der Waals surface area contributed by atoms with Crippen LogP contribution in [0.3, 0.4) is 0 Å². The van der Waals surface area contributed by atoms with Crippen LogP contribution < -0.4 is 10.2 Å². The van der Waals surface area contributed by atoms with Crippen LogP contribution >= 0.6 is 0 Å². The van der Waals surface area contributed by atoms with Gasteiger partial charge in [0.05, 0.1) is 12.7 Å². The Kier molecular flexibility index (Phi) is 9.04. The van der Waals surface area contributed by atoms with Crippen molar-refractivity contribution in [2.45, 2.75) is 38.2 Å². The van der Waals surface area contributed by atoms with Crippen molar-refractivity contribution in [1.82, 2.24) is 10.2 Å². The van der Waals surface area contributed by atoms with Gasteiger partial charge in [0.25, 0.3) is 5.91 Å². The lowest BCUT2D eigenvalue weighted by molar-refractivity contribution is 0.0952. The van der Waals surface area contributed by atoms with Crippen molar-refractivity contribution in [2.24, 2.45) is 0 Å². The van der Waals surface area contributed by atoms with Gasteiger partial charge in [0.2, 0.25) is 0 Å². The Morgan fingerprint density at radius 2 is 2.15 bits per heavy atom. The summed E-state index contributed by atoms with van der Waals surface area (Å²) in [5.41, 5.74) is 2.49. The molecule has 2 rings (SSSR count). The quantitative estimate of drug-likeness (QED) is 0.681. The van der Waals surface area contributed by atoms with Gasteiger partial charge in [-0.3, -0.25) is 4.79 Å². The Bertz CT molecular complexity index is 592. The number of aliphatic hydroxyl groups excluding tert-OH is 1. The molecule has 1 heterocycles. The number of carbonyl (C=O) groups excluding carboxylic acids is 1. The average molecular weight is 378 g/mol. The number of hydrogen-bond donors (Lipinski definition) is 2. The molecule has 1 atom stereocenters. The number of carbonyl (C=O) groups is 1. The van der Waals surface area contributed by atoms with Crippen molar-refractivity contribution in [1.29, 1.82) is 0 Å². The SMILES string of the molecule is COCCN1CCCCCC(O)c2cc(C(=O)NCCCN(C)C)ccc21. The van der Waals surface area contributed by atoms with Gasteiger partial charge in [-0.25, -0.2) is 0 Å². The Hall–Kier alpha value is -1.63. The highest BCUT2D eigenvalue weighted by atomic mass is 16.5. The molecule has 1 amide bonds. The van der Waals surface area contributed by atoms with Crippen molar-refractivity contribution in [3.63, 3.8) is 0 Å². The number of nitrogens with zero attached hydrogens (tertiary/aromatic N) is 2. The zero-order chi connectivity index (χ0) is 19.6.